The smallest absolute Gasteiger partial charge is 0.263 e. The van der Waals surface area contributed by atoms with Crippen molar-refractivity contribution >= 4 is 37.3 Å². The number of nitrogen functional groups attached to an aromatic ring is 1. The van der Waals surface area contributed by atoms with Crippen molar-refractivity contribution in [2.45, 2.75) is 11.8 Å². The standard InChI is InChI=1S/C12H11BrFN3O2S/c1-7-2-8(13)3-11(15)12(7)17-20(18,19)10-4-9(14)5-16-6-10/h2-6,17H,15H2,1H3. The molecule has 0 aliphatic heterocycles. The molecule has 0 aliphatic carbocycles. The first-order valence-electron chi connectivity index (χ1n) is 5.48. The van der Waals surface area contributed by atoms with E-state index in [1.807, 2.05) is 0 Å². The van der Waals surface area contributed by atoms with Crippen molar-refractivity contribution < 1.29 is 12.8 Å². The quantitative estimate of drug-likeness (QED) is 0.825. The molecule has 2 rings (SSSR count). The molecule has 1 aromatic carbocycles. The van der Waals surface area contributed by atoms with Gasteiger partial charge in [0.1, 0.15) is 10.7 Å². The highest BCUT2D eigenvalue weighted by atomic mass is 79.9. The van der Waals surface area contributed by atoms with Gasteiger partial charge in [-0.25, -0.2) is 12.8 Å². The maximum absolute atomic E-state index is 13.1. The molecule has 0 saturated carbocycles. The number of hydrogen-bond donors (Lipinski definition) is 2. The van der Waals surface area contributed by atoms with Crippen molar-refractivity contribution in [1.29, 1.82) is 0 Å². The first kappa shape index (κ1) is 14.7. The first-order valence-corrected chi connectivity index (χ1v) is 7.76. The highest BCUT2D eigenvalue weighted by molar-refractivity contribution is 9.10. The topological polar surface area (TPSA) is 85.1 Å². The van der Waals surface area contributed by atoms with Gasteiger partial charge in [0.15, 0.2) is 0 Å². The molecule has 2 aromatic rings. The van der Waals surface area contributed by atoms with Crippen molar-refractivity contribution in [3.8, 4) is 0 Å². The zero-order valence-electron chi connectivity index (χ0n) is 10.4. The van der Waals surface area contributed by atoms with Crippen LogP contribution in [0.25, 0.3) is 0 Å². The Labute approximate surface area is 124 Å². The summed E-state index contributed by atoms with van der Waals surface area (Å²) in [6.45, 7) is 1.71. The van der Waals surface area contributed by atoms with E-state index < -0.39 is 15.8 Å². The number of pyridine rings is 1. The summed E-state index contributed by atoms with van der Waals surface area (Å²) in [5, 5.41) is 0. The number of hydrogen-bond acceptors (Lipinski definition) is 4. The summed E-state index contributed by atoms with van der Waals surface area (Å²) >= 11 is 3.26. The van der Waals surface area contributed by atoms with Crippen molar-refractivity contribution in [3.63, 3.8) is 0 Å². The normalized spacial score (nSPS) is 11.3. The van der Waals surface area contributed by atoms with Crippen LogP contribution in [0.3, 0.4) is 0 Å². The van der Waals surface area contributed by atoms with Gasteiger partial charge < -0.3 is 5.73 Å². The molecule has 106 valence electrons. The van der Waals surface area contributed by atoms with Crippen LogP contribution in [0.1, 0.15) is 5.56 Å². The van der Waals surface area contributed by atoms with E-state index in [1.54, 1.807) is 19.1 Å². The molecular weight excluding hydrogens is 349 g/mol. The lowest BCUT2D eigenvalue weighted by molar-refractivity contribution is 0.592. The van der Waals surface area contributed by atoms with Gasteiger partial charge in [-0.05, 0) is 30.7 Å². The molecule has 20 heavy (non-hydrogen) atoms. The molecule has 0 amide bonds. The second-order valence-corrected chi connectivity index (χ2v) is 6.73. The zero-order chi connectivity index (χ0) is 14.9. The van der Waals surface area contributed by atoms with Gasteiger partial charge in [0.2, 0.25) is 0 Å². The number of nitrogens with one attached hydrogen (secondary N) is 1. The van der Waals surface area contributed by atoms with Gasteiger partial charge in [-0.2, -0.15) is 0 Å². The minimum atomic E-state index is -3.94. The van der Waals surface area contributed by atoms with E-state index >= 15 is 0 Å². The molecule has 1 heterocycles. The highest BCUT2D eigenvalue weighted by Gasteiger charge is 2.18. The fraction of sp³-hybridized carbons (Fsp3) is 0.0833. The van der Waals surface area contributed by atoms with Gasteiger partial charge in [0.25, 0.3) is 10.0 Å². The lowest BCUT2D eigenvalue weighted by atomic mass is 10.2. The third-order valence-electron chi connectivity index (χ3n) is 2.56. The number of aryl methyl sites for hydroxylation is 1. The van der Waals surface area contributed by atoms with E-state index in [4.69, 9.17) is 5.73 Å². The Morgan fingerprint density at radius 2 is 2.00 bits per heavy atom. The van der Waals surface area contributed by atoms with Crippen molar-refractivity contribution in [2.75, 3.05) is 10.5 Å². The highest BCUT2D eigenvalue weighted by Crippen LogP contribution is 2.29. The van der Waals surface area contributed by atoms with E-state index in [2.05, 4.69) is 25.6 Å². The van der Waals surface area contributed by atoms with Crippen LogP contribution in [0.2, 0.25) is 0 Å². The van der Waals surface area contributed by atoms with Crippen LogP contribution in [0.5, 0.6) is 0 Å². The largest absolute Gasteiger partial charge is 0.397 e. The Morgan fingerprint density at radius 1 is 1.30 bits per heavy atom. The number of nitrogens with zero attached hydrogens (tertiary/aromatic N) is 1. The third-order valence-corrected chi connectivity index (χ3v) is 4.33. The molecule has 1 aromatic heterocycles. The second-order valence-electron chi connectivity index (χ2n) is 4.13. The number of rotatable bonds is 3. The number of anilines is 2. The molecule has 0 fully saturated rings. The van der Waals surface area contributed by atoms with Crippen molar-refractivity contribution in [3.05, 3.63) is 46.4 Å². The van der Waals surface area contributed by atoms with Crippen molar-refractivity contribution in [1.82, 2.24) is 4.98 Å². The van der Waals surface area contributed by atoms with Crippen LogP contribution in [0, 0.1) is 12.7 Å². The van der Waals surface area contributed by atoms with Gasteiger partial charge in [-0.1, -0.05) is 15.9 Å². The summed E-state index contributed by atoms with van der Waals surface area (Å²) in [7, 11) is -3.94. The molecule has 0 saturated heterocycles. The molecule has 0 aliphatic rings. The fourth-order valence-corrected chi connectivity index (χ4v) is 3.36. The van der Waals surface area contributed by atoms with E-state index in [0.717, 1.165) is 22.9 Å². The number of nitrogens with two attached hydrogens (primary N) is 1. The monoisotopic (exact) mass is 359 g/mol. The van der Waals surface area contributed by atoms with Crippen LogP contribution >= 0.6 is 15.9 Å². The Kier molecular flexibility index (Phi) is 3.96. The van der Waals surface area contributed by atoms with Crippen LogP contribution in [-0.2, 0) is 10.0 Å². The molecule has 3 N–H and O–H groups in total. The number of aromatic nitrogens is 1. The molecule has 5 nitrogen and oxygen atoms in total. The Bertz CT molecular complexity index is 742. The predicted molar refractivity (Wildman–Crippen MR) is 78.3 cm³/mol. The number of halogens is 2. The molecule has 8 heteroatoms. The lowest BCUT2D eigenvalue weighted by Gasteiger charge is -2.13. The minimum Gasteiger partial charge on any atom is -0.397 e. The van der Waals surface area contributed by atoms with Crippen LogP contribution in [0.15, 0.2) is 40.0 Å². The summed E-state index contributed by atoms with van der Waals surface area (Å²) in [5.41, 5.74) is 6.96. The first-order chi connectivity index (χ1) is 9.29. The van der Waals surface area contributed by atoms with Gasteiger partial charge >= 0.3 is 0 Å². The van der Waals surface area contributed by atoms with E-state index in [-0.39, 0.29) is 16.3 Å². The van der Waals surface area contributed by atoms with Gasteiger partial charge in [0.05, 0.1) is 17.6 Å². The van der Waals surface area contributed by atoms with Gasteiger partial charge in [0, 0.05) is 10.7 Å². The van der Waals surface area contributed by atoms with Crippen LogP contribution in [-0.4, -0.2) is 13.4 Å². The predicted octanol–water partition coefficient (Wildman–Crippen LogP) is 2.67. The maximum Gasteiger partial charge on any atom is 0.263 e. The van der Waals surface area contributed by atoms with E-state index in [1.165, 1.54) is 0 Å². The molecular formula is C12H11BrFN3O2S. The second kappa shape index (κ2) is 5.37. The average Bonchev–Trinajstić information content (AvgIpc) is 2.34. The Morgan fingerprint density at radius 3 is 2.60 bits per heavy atom. The Hall–Kier alpha value is -1.67. The van der Waals surface area contributed by atoms with Crippen LogP contribution < -0.4 is 10.5 Å². The lowest BCUT2D eigenvalue weighted by Crippen LogP contribution is -2.15. The number of benzene rings is 1. The summed E-state index contributed by atoms with van der Waals surface area (Å²) in [6, 6.07) is 4.19. The fourth-order valence-electron chi connectivity index (χ4n) is 1.64. The third kappa shape index (κ3) is 3.07. The van der Waals surface area contributed by atoms with E-state index in [9.17, 15) is 12.8 Å². The summed E-state index contributed by atoms with van der Waals surface area (Å²) < 4.78 is 40.5. The summed E-state index contributed by atoms with van der Waals surface area (Å²) in [6.07, 6.45) is 1.99. The number of sulfonamides is 1. The molecule has 0 atom stereocenters. The molecule has 0 radical (unpaired) electrons. The minimum absolute atomic E-state index is 0.262. The van der Waals surface area contributed by atoms with Crippen molar-refractivity contribution in [2.24, 2.45) is 0 Å². The maximum atomic E-state index is 13.1. The molecule has 0 unspecified atom stereocenters. The zero-order valence-corrected chi connectivity index (χ0v) is 12.8. The van der Waals surface area contributed by atoms with E-state index in [0.29, 0.717) is 5.56 Å². The van der Waals surface area contributed by atoms with Gasteiger partial charge in [-0.3, -0.25) is 9.71 Å². The Balaban J connectivity index is 2.44. The summed E-state index contributed by atoms with van der Waals surface area (Å²) in [5.74, 6) is -0.728. The van der Waals surface area contributed by atoms with Crippen LogP contribution in [0.4, 0.5) is 15.8 Å². The van der Waals surface area contributed by atoms with Gasteiger partial charge in [-0.15, -0.1) is 0 Å². The molecule has 0 spiro atoms. The SMILES string of the molecule is Cc1cc(Br)cc(N)c1NS(=O)(=O)c1cncc(F)c1. The molecule has 0 bridgehead atoms. The summed E-state index contributed by atoms with van der Waals surface area (Å²) in [4.78, 5) is 3.25. The average molecular weight is 360 g/mol.